The van der Waals surface area contributed by atoms with Crippen LogP contribution in [-0.2, 0) is 14.3 Å². The Morgan fingerprint density at radius 1 is 1.60 bits per heavy atom. The summed E-state index contributed by atoms with van der Waals surface area (Å²) in [6, 6.07) is 0. The lowest BCUT2D eigenvalue weighted by Crippen LogP contribution is -2.05. The number of carbonyl (C=O) groups excluding carboxylic acids is 2. The molecule has 0 spiro atoms. The molecule has 0 aliphatic rings. The van der Waals surface area contributed by atoms with Crippen LogP contribution in [0.5, 0.6) is 0 Å². The molecule has 3 nitrogen and oxygen atoms in total. The maximum atomic E-state index is 10.7. The molecule has 0 fully saturated rings. The van der Waals surface area contributed by atoms with Gasteiger partial charge in [-0.15, -0.1) is 0 Å². The fourth-order valence-corrected chi connectivity index (χ4v) is 0.586. The molecule has 0 unspecified atom stereocenters. The van der Waals surface area contributed by atoms with Gasteiger partial charge in [-0.25, -0.2) is 4.79 Å². The molecule has 3 heteroatoms. The molecule has 0 amide bonds. The Morgan fingerprint density at radius 2 is 2.20 bits per heavy atom. The Bertz CT molecular complexity index is 158. The molecule has 0 atom stereocenters. The summed E-state index contributed by atoms with van der Waals surface area (Å²) in [5, 5.41) is 0. The van der Waals surface area contributed by atoms with Crippen molar-refractivity contribution in [3.63, 3.8) is 0 Å². The third kappa shape index (κ3) is 2.44. The van der Waals surface area contributed by atoms with Crippen LogP contribution in [0.1, 0.15) is 20.3 Å². The van der Waals surface area contributed by atoms with Crippen LogP contribution in [0, 0.1) is 0 Å². The summed E-state index contributed by atoms with van der Waals surface area (Å²) >= 11 is 0. The second kappa shape index (κ2) is 4.73. The molecule has 0 rings (SSSR count). The minimum Gasteiger partial charge on any atom is -0.392 e. The fraction of sp³-hybridized carbons (Fsp3) is 0.429. The monoisotopic (exact) mass is 142 g/mol. The van der Waals surface area contributed by atoms with E-state index in [1.54, 1.807) is 13.0 Å². The summed E-state index contributed by atoms with van der Waals surface area (Å²) in [6.07, 6.45) is 2.22. The molecule has 0 bridgehead atoms. The van der Waals surface area contributed by atoms with Crippen LogP contribution in [0.2, 0.25) is 0 Å². The van der Waals surface area contributed by atoms with Crippen LogP contribution in [0.3, 0.4) is 0 Å². The SMILES string of the molecule is CC=C(CC)C(=O)OC=O. The van der Waals surface area contributed by atoms with Gasteiger partial charge in [0.05, 0.1) is 0 Å². The van der Waals surface area contributed by atoms with E-state index in [9.17, 15) is 9.59 Å². The standard InChI is InChI=1S/C7H10O3/c1-3-6(4-2)7(9)10-5-8/h3,5H,4H2,1-2H3. The maximum absolute atomic E-state index is 10.7. The van der Waals surface area contributed by atoms with Crippen LogP contribution >= 0.6 is 0 Å². The molecule has 0 aromatic heterocycles. The van der Waals surface area contributed by atoms with Gasteiger partial charge in [0.1, 0.15) is 0 Å². The summed E-state index contributed by atoms with van der Waals surface area (Å²) in [5.41, 5.74) is 0.520. The molecule has 10 heavy (non-hydrogen) atoms. The van der Waals surface area contributed by atoms with E-state index in [4.69, 9.17) is 0 Å². The number of ether oxygens (including phenoxy) is 1. The summed E-state index contributed by atoms with van der Waals surface area (Å²) in [4.78, 5) is 20.4. The Morgan fingerprint density at radius 3 is 2.50 bits per heavy atom. The molecular weight excluding hydrogens is 132 g/mol. The zero-order chi connectivity index (χ0) is 7.98. The van der Waals surface area contributed by atoms with Crippen molar-refractivity contribution in [2.24, 2.45) is 0 Å². The van der Waals surface area contributed by atoms with Gasteiger partial charge in [-0.1, -0.05) is 13.0 Å². The summed E-state index contributed by atoms with van der Waals surface area (Å²) in [6.45, 7) is 3.69. The quantitative estimate of drug-likeness (QED) is 0.256. The molecule has 0 aromatic carbocycles. The van der Waals surface area contributed by atoms with Crippen molar-refractivity contribution < 1.29 is 14.3 Å². The molecule has 0 saturated heterocycles. The minimum absolute atomic E-state index is 0.140. The van der Waals surface area contributed by atoms with Crippen LogP contribution in [0.4, 0.5) is 0 Å². The molecule has 0 saturated carbocycles. The third-order valence-corrected chi connectivity index (χ3v) is 1.15. The van der Waals surface area contributed by atoms with Crippen LogP contribution < -0.4 is 0 Å². The first-order valence-electron chi connectivity index (χ1n) is 3.06. The number of rotatable bonds is 3. The lowest BCUT2D eigenvalue weighted by atomic mass is 10.2. The number of carbonyl (C=O) groups is 2. The Labute approximate surface area is 59.7 Å². The smallest absolute Gasteiger partial charge is 0.341 e. The van der Waals surface area contributed by atoms with E-state index in [1.807, 2.05) is 6.92 Å². The number of esters is 1. The lowest BCUT2D eigenvalue weighted by molar-refractivity contribution is -0.148. The first kappa shape index (κ1) is 8.88. The van der Waals surface area contributed by atoms with E-state index in [0.29, 0.717) is 12.0 Å². The summed E-state index contributed by atoms with van der Waals surface area (Å²) < 4.78 is 4.10. The highest BCUT2D eigenvalue weighted by molar-refractivity contribution is 5.91. The van der Waals surface area contributed by atoms with Crippen LogP contribution in [0.25, 0.3) is 0 Å². The summed E-state index contributed by atoms with van der Waals surface area (Å²) in [5.74, 6) is -0.556. The molecule has 0 heterocycles. The van der Waals surface area contributed by atoms with Crippen molar-refractivity contribution in [3.8, 4) is 0 Å². The Kier molecular flexibility index (Phi) is 4.20. The second-order valence-corrected chi connectivity index (χ2v) is 1.67. The van der Waals surface area contributed by atoms with Gasteiger partial charge in [-0.05, 0) is 13.3 Å². The van der Waals surface area contributed by atoms with Gasteiger partial charge in [0.25, 0.3) is 0 Å². The third-order valence-electron chi connectivity index (χ3n) is 1.15. The Hall–Kier alpha value is -1.12. The number of hydrogen-bond acceptors (Lipinski definition) is 3. The normalized spacial score (nSPS) is 10.8. The summed E-state index contributed by atoms with van der Waals surface area (Å²) in [7, 11) is 0. The number of allylic oxidation sites excluding steroid dienone is 1. The van der Waals surface area contributed by atoms with E-state index < -0.39 is 5.97 Å². The lowest BCUT2D eigenvalue weighted by Gasteiger charge is -1.96. The number of hydrogen-bond donors (Lipinski definition) is 0. The van der Waals surface area contributed by atoms with E-state index in [0.717, 1.165) is 0 Å². The fourth-order valence-electron chi connectivity index (χ4n) is 0.586. The van der Waals surface area contributed by atoms with E-state index in [-0.39, 0.29) is 6.47 Å². The highest BCUT2D eigenvalue weighted by Gasteiger charge is 2.05. The van der Waals surface area contributed by atoms with Gasteiger partial charge in [0, 0.05) is 5.57 Å². The molecule has 0 aliphatic carbocycles. The second-order valence-electron chi connectivity index (χ2n) is 1.67. The predicted molar refractivity (Wildman–Crippen MR) is 36.2 cm³/mol. The van der Waals surface area contributed by atoms with Crippen molar-refractivity contribution in [2.75, 3.05) is 0 Å². The van der Waals surface area contributed by atoms with Gasteiger partial charge >= 0.3 is 12.4 Å². The molecule has 56 valence electrons. The van der Waals surface area contributed by atoms with Gasteiger partial charge in [0.15, 0.2) is 0 Å². The largest absolute Gasteiger partial charge is 0.392 e. The van der Waals surface area contributed by atoms with Crippen LogP contribution in [-0.4, -0.2) is 12.4 Å². The van der Waals surface area contributed by atoms with Gasteiger partial charge < -0.3 is 4.74 Å². The molecule has 0 N–H and O–H groups in total. The van der Waals surface area contributed by atoms with Crippen LogP contribution in [0.15, 0.2) is 11.6 Å². The zero-order valence-corrected chi connectivity index (χ0v) is 6.09. The van der Waals surface area contributed by atoms with Crippen molar-refractivity contribution in [2.45, 2.75) is 20.3 Å². The maximum Gasteiger partial charge on any atom is 0.341 e. The van der Waals surface area contributed by atoms with Crippen molar-refractivity contribution >= 4 is 12.4 Å². The van der Waals surface area contributed by atoms with Gasteiger partial charge in [-0.2, -0.15) is 0 Å². The molecule has 0 aliphatic heterocycles. The van der Waals surface area contributed by atoms with E-state index in [1.165, 1.54) is 0 Å². The molecule has 0 aromatic rings. The minimum atomic E-state index is -0.556. The zero-order valence-electron chi connectivity index (χ0n) is 6.09. The topological polar surface area (TPSA) is 43.4 Å². The first-order chi connectivity index (χ1) is 4.76. The van der Waals surface area contributed by atoms with Crippen molar-refractivity contribution in [1.82, 2.24) is 0 Å². The van der Waals surface area contributed by atoms with Crippen molar-refractivity contribution in [3.05, 3.63) is 11.6 Å². The highest BCUT2D eigenvalue weighted by Crippen LogP contribution is 2.01. The molecule has 0 radical (unpaired) electrons. The van der Waals surface area contributed by atoms with Gasteiger partial charge in [-0.3, -0.25) is 4.79 Å². The first-order valence-corrected chi connectivity index (χ1v) is 3.06. The Balaban J connectivity index is 4.03. The predicted octanol–water partition coefficient (Wildman–Crippen LogP) is 1.04. The molecular formula is C7H10O3. The van der Waals surface area contributed by atoms with E-state index in [2.05, 4.69) is 4.74 Å². The van der Waals surface area contributed by atoms with Crippen molar-refractivity contribution in [1.29, 1.82) is 0 Å². The average Bonchev–Trinajstić information content (AvgIpc) is 1.91. The average molecular weight is 142 g/mol. The highest BCUT2D eigenvalue weighted by atomic mass is 16.6. The van der Waals surface area contributed by atoms with Gasteiger partial charge in [0.2, 0.25) is 0 Å². The van der Waals surface area contributed by atoms with E-state index >= 15 is 0 Å².